The van der Waals surface area contributed by atoms with Crippen molar-refractivity contribution < 1.29 is 9.53 Å². The van der Waals surface area contributed by atoms with E-state index in [-0.39, 0.29) is 12.6 Å². The van der Waals surface area contributed by atoms with Crippen molar-refractivity contribution in [1.82, 2.24) is 0 Å². The molecular weight excluding hydrogens is 262 g/mol. The molecule has 104 valence electrons. The average Bonchev–Trinajstić information content (AvgIpc) is 2.53. The van der Waals surface area contributed by atoms with Crippen LogP contribution >= 0.6 is 0 Å². The molecule has 21 heavy (non-hydrogen) atoms. The summed E-state index contributed by atoms with van der Waals surface area (Å²) in [6.45, 7) is 0.277. The first-order chi connectivity index (χ1) is 10.2. The topological polar surface area (TPSA) is 52.3 Å². The second kappa shape index (κ2) is 5.67. The van der Waals surface area contributed by atoms with Gasteiger partial charge in [0.15, 0.2) is 0 Å². The highest BCUT2D eigenvalue weighted by Crippen LogP contribution is 2.19. The van der Waals surface area contributed by atoms with Crippen LogP contribution in [-0.2, 0) is 11.3 Å². The van der Waals surface area contributed by atoms with Crippen molar-refractivity contribution in [3.8, 4) is 0 Å². The van der Waals surface area contributed by atoms with Crippen molar-refractivity contribution in [3.05, 3.63) is 77.9 Å². The van der Waals surface area contributed by atoms with E-state index in [1.807, 2.05) is 60.7 Å². The van der Waals surface area contributed by atoms with Crippen molar-refractivity contribution in [2.75, 3.05) is 5.73 Å². The molecule has 3 aromatic carbocycles. The van der Waals surface area contributed by atoms with Crippen LogP contribution in [0.1, 0.15) is 15.9 Å². The molecule has 0 aliphatic heterocycles. The van der Waals surface area contributed by atoms with Crippen molar-refractivity contribution in [3.63, 3.8) is 0 Å². The lowest BCUT2D eigenvalue weighted by Crippen LogP contribution is -2.05. The number of ether oxygens (including phenoxy) is 1. The number of hydrogen-bond acceptors (Lipinski definition) is 3. The third-order valence-electron chi connectivity index (χ3n) is 3.31. The standard InChI is InChI=1S/C18H15NO2/c19-17-9-8-14-10-16(7-6-15(14)11-17)18(20)21-12-13-4-2-1-3-5-13/h1-11H,12,19H2. The zero-order chi connectivity index (χ0) is 14.7. The van der Waals surface area contributed by atoms with Gasteiger partial charge in [-0.15, -0.1) is 0 Å². The highest BCUT2D eigenvalue weighted by Gasteiger charge is 2.08. The first-order valence-corrected chi connectivity index (χ1v) is 6.73. The predicted molar refractivity (Wildman–Crippen MR) is 83.9 cm³/mol. The highest BCUT2D eigenvalue weighted by molar-refractivity contribution is 5.96. The molecule has 0 saturated heterocycles. The highest BCUT2D eigenvalue weighted by atomic mass is 16.5. The van der Waals surface area contributed by atoms with Crippen LogP contribution in [0.5, 0.6) is 0 Å². The molecule has 0 heterocycles. The van der Waals surface area contributed by atoms with Gasteiger partial charge in [0.25, 0.3) is 0 Å². The molecule has 3 nitrogen and oxygen atoms in total. The minimum absolute atomic E-state index is 0.277. The van der Waals surface area contributed by atoms with Gasteiger partial charge in [-0.3, -0.25) is 0 Å². The van der Waals surface area contributed by atoms with Gasteiger partial charge < -0.3 is 10.5 Å². The molecule has 0 atom stereocenters. The Bertz CT molecular complexity index is 782. The monoisotopic (exact) mass is 277 g/mol. The summed E-state index contributed by atoms with van der Waals surface area (Å²) in [4.78, 5) is 12.1. The van der Waals surface area contributed by atoms with E-state index in [9.17, 15) is 4.79 Å². The van der Waals surface area contributed by atoms with Crippen molar-refractivity contribution >= 4 is 22.4 Å². The fraction of sp³-hybridized carbons (Fsp3) is 0.0556. The van der Waals surface area contributed by atoms with Gasteiger partial charge in [0.05, 0.1) is 5.56 Å². The van der Waals surface area contributed by atoms with Gasteiger partial charge in [-0.1, -0.05) is 42.5 Å². The van der Waals surface area contributed by atoms with E-state index in [0.717, 1.165) is 16.3 Å². The number of rotatable bonds is 3. The van der Waals surface area contributed by atoms with E-state index in [1.54, 1.807) is 6.07 Å². The molecule has 0 saturated carbocycles. The Morgan fingerprint density at radius 1 is 0.905 bits per heavy atom. The van der Waals surface area contributed by atoms with E-state index in [1.165, 1.54) is 0 Å². The van der Waals surface area contributed by atoms with Gasteiger partial charge in [0, 0.05) is 5.69 Å². The van der Waals surface area contributed by atoms with Gasteiger partial charge in [0.2, 0.25) is 0 Å². The zero-order valence-electron chi connectivity index (χ0n) is 11.5. The maximum absolute atomic E-state index is 12.1. The lowest BCUT2D eigenvalue weighted by Gasteiger charge is -2.06. The molecule has 0 aliphatic rings. The van der Waals surface area contributed by atoms with E-state index < -0.39 is 0 Å². The minimum Gasteiger partial charge on any atom is -0.457 e. The molecule has 0 spiro atoms. The maximum atomic E-state index is 12.1. The lowest BCUT2D eigenvalue weighted by atomic mass is 10.1. The summed E-state index contributed by atoms with van der Waals surface area (Å²) >= 11 is 0. The Balaban J connectivity index is 1.77. The molecule has 3 aromatic rings. The van der Waals surface area contributed by atoms with Crippen molar-refractivity contribution in [2.45, 2.75) is 6.61 Å². The van der Waals surface area contributed by atoms with Crippen LogP contribution < -0.4 is 5.73 Å². The van der Waals surface area contributed by atoms with Gasteiger partial charge in [-0.25, -0.2) is 4.79 Å². The number of benzene rings is 3. The molecular formula is C18H15NO2. The Labute approximate surface area is 123 Å². The lowest BCUT2D eigenvalue weighted by molar-refractivity contribution is 0.0473. The third-order valence-corrected chi connectivity index (χ3v) is 3.31. The predicted octanol–water partition coefficient (Wildman–Crippen LogP) is 3.78. The number of carbonyl (C=O) groups is 1. The Kier molecular flexibility index (Phi) is 3.56. The Morgan fingerprint density at radius 2 is 1.62 bits per heavy atom. The van der Waals surface area contributed by atoms with E-state index in [2.05, 4.69) is 0 Å². The zero-order valence-corrected chi connectivity index (χ0v) is 11.5. The summed E-state index contributed by atoms with van der Waals surface area (Å²) < 4.78 is 5.32. The number of nitrogens with two attached hydrogens (primary N) is 1. The average molecular weight is 277 g/mol. The van der Waals surface area contributed by atoms with E-state index in [0.29, 0.717) is 11.3 Å². The largest absolute Gasteiger partial charge is 0.457 e. The molecule has 3 heteroatoms. The van der Waals surface area contributed by atoms with E-state index >= 15 is 0 Å². The summed E-state index contributed by atoms with van der Waals surface area (Å²) in [5.41, 5.74) is 7.97. The van der Waals surface area contributed by atoms with Crippen LogP contribution in [0.15, 0.2) is 66.7 Å². The molecule has 2 N–H and O–H groups in total. The smallest absolute Gasteiger partial charge is 0.338 e. The van der Waals surface area contributed by atoms with Crippen LogP contribution in [0, 0.1) is 0 Å². The Hall–Kier alpha value is -2.81. The SMILES string of the molecule is Nc1ccc2cc(C(=O)OCc3ccccc3)ccc2c1. The van der Waals surface area contributed by atoms with Gasteiger partial charge in [-0.05, 0) is 40.6 Å². The first-order valence-electron chi connectivity index (χ1n) is 6.73. The van der Waals surface area contributed by atoms with E-state index in [4.69, 9.17) is 10.5 Å². The molecule has 3 rings (SSSR count). The van der Waals surface area contributed by atoms with Gasteiger partial charge >= 0.3 is 5.97 Å². The van der Waals surface area contributed by atoms with Crippen molar-refractivity contribution in [1.29, 1.82) is 0 Å². The number of fused-ring (bicyclic) bond motifs is 1. The number of anilines is 1. The fourth-order valence-electron chi connectivity index (χ4n) is 2.20. The molecule has 0 radical (unpaired) electrons. The summed E-state index contributed by atoms with van der Waals surface area (Å²) in [7, 11) is 0. The summed E-state index contributed by atoms with van der Waals surface area (Å²) in [5, 5.41) is 1.98. The third kappa shape index (κ3) is 3.03. The molecule has 0 fully saturated rings. The summed E-state index contributed by atoms with van der Waals surface area (Å²) in [6, 6.07) is 20.7. The molecule has 0 unspecified atom stereocenters. The quantitative estimate of drug-likeness (QED) is 0.585. The van der Waals surface area contributed by atoms with Gasteiger partial charge in [-0.2, -0.15) is 0 Å². The van der Waals surface area contributed by atoms with Crippen LogP contribution in [-0.4, -0.2) is 5.97 Å². The van der Waals surface area contributed by atoms with Crippen LogP contribution in [0.3, 0.4) is 0 Å². The molecule has 0 amide bonds. The second-order valence-corrected chi connectivity index (χ2v) is 4.88. The Morgan fingerprint density at radius 3 is 2.43 bits per heavy atom. The van der Waals surface area contributed by atoms with Gasteiger partial charge in [0.1, 0.15) is 6.61 Å². The molecule has 0 aliphatic carbocycles. The summed E-state index contributed by atoms with van der Waals surface area (Å²) in [5.74, 6) is -0.322. The number of esters is 1. The summed E-state index contributed by atoms with van der Waals surface area (Å²) in [6.07, 6.45) is 0. The fourth-order valence-corrected chi connectivity index (χ4v) is 2.20. The second-order valence-electron chi connectivity index (χ2n) is 4.88. The van der Waals surface area contributed by atoms with Crippen molar-refractivity contribution in [2.24, 2.45) is 0 Å². The molecule has 0 aromatic heterocycles. The number of nitrogen functional groups attached to an aromatic ring is 1. The maximum Gasteiger partial charge on any atom is 0.338 e. The normalized spacial score (nSPS) is 10.5. The number of carbonyl (C=O) groups excluding carboxylic acids is 1. The first kappa shape index (κ1) is 13.2. The van der Waals surface area contributed by atoms with Crippen LogP contribution in [0.2, 0.25) is 0 Å². The number of hydrogen-bond donors (Lipinski definition) is 1. The van der Waals surface area contributed by atoms with Crippen LogP contribution in [0.4, 0.5) is 5.69 Å². The minimum atomic E-state index is -0.322. The molecule has 0 bridgehead atoms. The van der Waals surface area contributed by atoms with Crippen LogP contribution in [0.25, 0.3) is 10.8 Å².